The first kappa shape index (κ1) is 16.2. The molecule has 1 aromatic heterocycles. The summed E-state index contributed by atoms with van der Waals surface area (Å²) in [6.45, 7) is 0.863. The zero-order chi connectivity index (χ0) is 18.1. The molecule has 0 spiro atoms. The number of anilines is 3. The van der Waals surface area contributed by atoms with Crippen molar-refractivity contribution in [2.24, 2.45) is 0 Å². The number of pyridine rings is 1. The minimum absolute atomic E-state index is 0.174. The van der Waals surface area contributed by atoms with Crippen LogP contribution in [0.5, 0.6) is 0 Å². The highest BCUT2D eigenvalue weighted by atomic mass is 19.2. The van der Waals surface area contributed by atoms with Gasteiger partial charge in [0.15, 0.2) is 11.6 Å². The van der Waals surface area contributed by atoms with E-state index in [4.69, 9.17) is 0 Å². The third-order valence-corrected chi connectivity index (χ3v) is 4.36. The third kappa shape index (κ3) is 3.01. The summed E-state index contributed by atoms with van der Waals surface area (Å²) in [5.41, 5.74) is 3.71. The van der Waals surface area contributed by atoms with Gasteiger partial charge < -0.3 is 10.2 Å². The Morgan fingerprint density at radius 1 is 1.04 bits per heavy atom. The molecule has 6 heteroatoms. The fraction of sp³-hybridized carbons (Fsp3) is 0.100. The highest BCUT2D eigenvalue weighted by Crippen LogP contribution is 2.33. The predicted molar refractivity (Wildman–Crippen MR) is 95.7 cm³/mol. The molecule has 1 N–H and O–H groups in total. The van der Waals surface area contributed by atoms with Crippen LogP contribution in [-0.2, 0) is 6.42 Å². The van der Waals surface area contributed by atoms with Crippen LogP contribution in [0, 0.1) is 11.6 Å². The normalized spacial score (nSPS) is 12.8. The largest absolute Gasteiger partial charge is 0.340 e. The second kappa shape index (κ2) is 6.55. The van der Waals surface area contributed by atoms with Crippen LogP contribution < -0.4 is 10.2 Å². The molecule has 1 aliphatic rings. The van der Waals surface area contributed by atoms with Gasteiger partial charge in [0.05, 0.1) is 11.9 Å². The second-order valence-electron chi connectivity index (χ2n) is 6.02. The van der Waals surface area contributed by atoms with Crippen molar-refractivity contribution in [3.63, 3.8) is 0 Å². The van der Waals surface area contributed by atoms with E-state index in [1.165, 1.54) is 11.6 Å². The van der Waals surface area contributed by atoms with Gasteiger partial charge in [-0.05, 0) is 42.3 Å². The second-order valence-corrected chi connectivity index (χ2v) is 6.02. The summed E-state index contributed by atoms with van der Waals surface area (Å²) in [5.74, 6) is -2.46. The standard InChI is InChI=1S/C20H15F2N3O/c21-16-7-5-14(11-17(16)22)24-20(26)18-8-6-15(12-23-18)25-10-9-13-3-1-2-4-19(13)25/h1-8,11-12H,9-10H2,(H,24,26). The lowest BCUT2D eigenvalue weighted by Crippen LogP contribution is -2.16. The van der Waals surface area contributed by atoms with Crippen molar-refractivity contribution in [3.8, 4) is 0 Å². The molecule has 0 fully saturated rings. The molecule has 26 heavy (non-hydrogen) atoms. The number of benzene rings is 2. The summed E-state index contributed by atoms with van der Waals surface area (Å²) in [6.07, 6.45) is 2.61. The highest BCUT2D eigenvalue weighted by Gasteiger charge is 2.20. The zero-order valence-electron chi connectivity index (χ0n) is 13.7. The highest BCUT2D eigenvalue weighted by molar-refractivity contribution is 6.03. The molecule has 1 amide bonds. The van der Waals surface area contributed by atoms with Crippen LogP contribution in [-0.4, -0.2) is 17.4 Å². The molecule has 4 nitrogen and oxygen atoms in total. The maximum atomic E-state index is 13.2. The van der Waals surface area contributed by atoms with E-state index in [-0.39, 0.29) is 11.4 Å². The fourth-order valence-corrected chi connectivity index (χ4v) is 3.06. The smallest absolute Gasteiger partial charge is 0.274 e. The topological polar surface area (TPSA) is 45.2 Å². The van der Waals surface area contributed by atoms with E-state index >= 15 is 0 Å². The number of halogens is 2. The lowest BCUT2D eigenvalue weighted by molar-refractivity contribution is 0.102. The molecule has 0 radical (unpaired) electrons. The molecule has 0 saturated carbocycles. The van der Waals surface area contributed by atoms with Crippen LogP contribution in [0.25, 0.3) is 0 Å². The number of fused-ring (bicyclic) bond motifs is 1. The molecule has 130 valence electrons. The van der Waals surface area contributed by atoms with E-state index in [1.54, 1.807) is 12.3 Å². The Morgan fingerprint density at radius 2 is 1.88 bits per heavy atom. The SMILES string of the molecule is O=C(Nc1ccc(F)c(F)c1)c1ccc(N2CCc3ccccc32)cn1. The van der Waals surface area contributed by atoms with E-state index in [9.17, 15) is 13.6 Å². The number of hydrogen-bond acceptors (Lipinski definition) is 3. The lowest BCUT2D eigenvalue weighted by atomic mass is 10.2. The summed E-state index contributed by atoms with van der Waals surface area (Å²) in [7, 11) is 0. The van der Waals surface area contributed by atoms with Gasteiger partial charge in [-0.3, -0.25) is 4.79 Å². The minimum atomic E-state index is -1.01. The molecule has 0 saturated heterocycles. The fourth-order valence-electron chi connectivity index (χ4n) is 3.06. The van der Waals surface area contributed by atoms with E-state index in [0.29, 0.717) is 0 Å². The maximum absolute atomic E-state index is 13.2. The van der Waals surface area contributed by atoms with Gasteiger partial charge in [0.1, 0.15) is 5.69 Å². The van der Waals surface area contributed by atoms with E-state index in [2.05, 4.69) is 27.3 Å². The number of aromatic nitrogens is 1. The van der Waals surface area contributed by atoms with Crippen LogP contribution >= 0.6 is 0 Å². The van der Waals surface area contributed by atoms with Crippen molar-refractivity contribution in [1.82, 2.24) is 4.98 Å². The molecule has 3 aromatic rings. The first-order chi connectivity index (χ1) is 12.6. The Balaban J connectivity index is 1.51. The van der Waals surface area contributed by atoms with Crippen molar-refractivity contribution >= 4 is 23.0 Å². The number of carbonyl (C=O) groups is 1. The molecule has 1 aliphatic heterocycles. The number of nitrogens with zero attached hydrogens (tertiary/aromatic N) is 2. The summed E-state index contributed by atoms with van der Waals surface area (Å²) in [6, 6.07) is 14.8. The Bertz CT molecular complexity index is 973. The molecule has 0 bridgehead atoms. The molecule has 0 atom stereocenters. The van der Waals surface area contributed by atoms with Crippen molar-refractivity contribution in [2.75, 3.05) is 16.8 Å². The van der Waals surface area contributed by atoms with Crippen LogP contribution in [0.4, 0.5) is 25.8 Å². The van der Waals surface area contributed by atoms with Gasteiger partial charge >= 0.3 is 0 Å². The first-order valence-electron chi connectivity index (χ1n) is 8.20. The third-order valence-electron chi connectivity index (χ3n) is 4.36. The molecular weight excluding hydrogens is 336 g/mol. The van der Waals surface area contributed by atoms with Gasteiger partial charge in [0.2, 0.25) is 0 Å². The Labute approximate surface area is 149 Å². The van der Waals surface area contributed by atoms with Gasteiger partial charge in [0, 0.05) is 24.0 Å². The van der Waals surface area contributed by atoms with Gasteiger partial charge in [-0.2, -0.15) is 0 Å². The van der Waals surface area contributed by atoms with Gasteiger partial charge in [-0.1, -0.05) is 18.2 Å². The molecule has 4 rings (SSSR count). The number of amides is 1. The number of rotatable bonds is 3. The summed E-state index contributed by atoms with van der Waals surface area (Å²) in [5, 5.41) is 2.51. The monoisotopic (exact) mass is 351 g/mol. The first-order valence-corrected chi connectivity index (χ1v) is 8.20. The average Bonchev–Trinajstić information content (AvgIpc) is 3.09. The van der Waals surface area contributed by atoms with Crippen LogP contribution in [0.2, 0.25) is 0 Å². The summed E-state index contributed by atoms with van der Waals surface area (Å²) in [4.78, 5) is 18.6. The molecular formula is C20H15F2N3O. The van der Waals surface area contributed by atoms with Crippen LogP contribution in [0.15, 0.2) is 60.8 Å². The zero-order valence-corrected chi connectivity index (χ0v) is 13.7. The molecule has 0 unspecified atom stereocenters. The summed E-state index contributed by atoms with van der Waals surface area (Å²) < 4.78 is 26.2. The number of hydrogen-bond donors (Lipinski definition) is 1. The Kier molecular flexibility index (Phi) is 4.08. The quantitative estimate of drug-likeness (QED) is 0.765. The van der Waals surface area contributed by atoms with Gasteiger partial charge in [0.25, 0.3) is 5.91 Å². The summed E-state index contributed by atoms with van der Waals surface area (Å²) >= 11 is 0. The Morgan fingerprint density at radius 3 is 2.65 bits per heavy atom. The van der Waals surface area contributed by atoms with Gasteiger partial charge in [-0.25, -0.2) is 13.8 Å². The number of nitrogens with one attached hydrogen (secondary N) is 1. The van der Waals surface area contributed by atoms with Gasteiger partial charge in [-0.15, -0.1) is 0 Å². The van der Waals surface area contributed by atoms with E-state index in [0.717, 1.165) is 36.5 Å². The van der Waals surface area contributed by atoms with Crippen LogP contribution in [0.1, 0.15) is 16.1 Å². The van der Waals surface area contributed by atoms with Crippen molar-refractivity contribution in [1.29, 1.82) is 0 Å². The lowest BCUT2D eigenvalue weighted by Gasteiger charge is -2.19. The van der Waals surface area contributed by atoms with Crippen molar-refractivity contribution in [2.45, 2.75) is 6.42 Å². The average molecular weight is 351 g/mol. The minimum Gasteiger partial charge on any atom is -0.340 e. The maximum Gasteiger partial charge on any atom is 0.274 e. The van der Waals surface area contributed by atoms with Crippen molar-refractivity contribution < 1.29 is 13.6 Å². The molecule has 0 aliphatic carbocycles. The number of carbonyl (C=O) groups excluding carboxylic acids is 1. The predicted octanol–water partition coefficient (Wildman–Crippen LogP) is 4.31. The van der Waals surface area contributed by atoms with E-state index in [1.807, 2.05) is 18.2 Å². The Hall–Kier alpha value is -3.28. The van der Waals surface area contributed by atoms with Crippen molar-refractivity contribution in [3.05, 3.63) is 83.7 Å². The van der Waals surface area contributed by atoms with E-state index < -0.39 is 17.5 Å². The number of para-hydroxylation sites is 1. The molecule has 2 heterocycles. The molecule has 2 aromatic carbocycles. The van der Waals surface area contributed by atoms with Crippen LogP contribution in [0.3, 0.4) is 0 Å².